The number of carboxylic acids is 1. The second-order valence-corrected chi connectivity index (χ2v) is 4.08. The molecule has 2 N–H and O–H groups in total. The molecule has 0 fully saturated rings. The third-order valence-electron chi connectivity index (χ3n) is 2.79. The van der Waals surface area contributed by atoms with Crippen molar-refractivity contribution >= 4 is 11.8 Å². The van der Waals surface area contributed by atoms with E-state index in [0.29, 0.717) is 11.1 Å². The summed E-state index contributed by atoms with van der Waals surface area (Å²) in [5, 5.41) is 18.6. The van der Waals surface area contributed by atoms with E-state index < -0.39 is 5.97 Å². The summed E-state index contributed by atoms with van der Waals surface area (Å²) in [6, 6.07) is 13.0. The van der Waals surface area contributed by atoms with Crippen LogP contribution in [0.4, 0.5) is 0 Å². The predicted molar refractivity (Wildman–Crippen MR) is 69.5 cm³/mol. The van der Waals surface area contributed by atoms with Crippen molar-refractivity contribution in [1.29, 1.82) is 0 Å². The lowest BCUT2D eigenvalue weighted by atomic mass is 9.98. The second-order valence-electron chi connectivity index (χ2n) is 4.08. The van der Waals surface area contributed by atoms with E-state index in [2.05, 4.69) is 0 Å². The lowest BCUT2D eigenvalue weighted by Gasteiger charge is -2.07. The number of hydrogen-bond donors (Lipinski definition) is 2. The van der Waals surface area contributed by atoms with Gasteiger partial charge in [0, 0.05) is 12.0 Å². The van der Waals surface area contributed by atoms with Crippen LogP contribution in [0.25, 0.3) is 0 Å². The topological polar surface area (TPSA) is 74.6 Å². The molecule has 4 nitrogen and oxygen atoms in total. The van der Waals surface area contributed by atoms with E-state index in [0.717, 1.165) is 0 Å². The van der Waals surface area contributed by atoms with E-state index in [4.69, 9.17) is 5.11 Å². The van der Waals surface area contributed by atoms with Gasteiger partial charge in [0.2, 0.25) is 0 Å². The van der Waals surface area contributed by atoms with Gasteiger partial charge in [-0.2, -0.15) is 0 Å². The van der Waals surface area contributed by atoms with Crippen molar-refractivity contribution in [2.45, 2.75) is 6.42 Å². The first-order valence-corrected chi connectivity index (χ1v) is 5.72. The quantitative estimate of drug-likeness (QED) is 0.824. The molecule has 19 heavy (non-hydrogen) atoms. The highest BCUT2D eigenvalue weighted by Crippen LogP contribution is 2.22. The predicted octanol–water partition coefficient (Wildman–Crippen LogP) is 2.52. The van der Waals surface area contributed by atoms with E-state index in [1.165, 1.54) is 18.2 Å². The van der Waals surface area contributed by atoms with Crippen LogP contribution in [0.15, 0.2) is 48.5 Å². The van der Waals surface area contributed by atoms with E-state index in [9.17, 15) is 14.7 Å². The van der Waals surface area contributed by atoms with Crippen molar-refractivity contribution in [2.75, 3.05) is 0 Å². The second kappa shape index (κ2) is 5.35. The number of carbonyl (C=O) groups is 2. The Kier molecular flexibility index (Phi) is 3.61. The lowest BCUT2D eigenvalue weighted by Crippen LogP contribution is -2.09. The fourth-order valence-electron chi connectivity index (χ4n) is 1.88. The molecule has 0 aliphatic rings. The average Bonchev–Trinajstić information content (AvgIpc) is 2.39. The number of aromatic hydroxyl groups is 1. The number of benzene rings is 2. The molecule has 0 radical (unpaired) electrons. The van der Waals surface area contributed by atoms with Crippen LogP contribution in [0.3, 0.4) is 0 Å². The molecule has 0 spiro atoms. The van der Waals surface area contributed by atoms with Gasteiger partial charge in [0.1, 0.15) is 11.3 Å². The minimum Gasteiger partial charge on any atom is -0.507 e. The van der Waals surface area contributed by atoms with Gasteiger partial charge >= 0.3 is 5.97 Å². The first-order valence-electron chi connectivity index (χ1n) is 5.72. The number of rotatable bonds is 4. The van der Waals surface area contributed by atoms with Crippen molar-refractivity contribution in [2.24, 2.45) is 0 Å². The Bertz CT molecular complexity index is 617. The maximum Gasteiger partial charge on any atom is 0.339 e. The minimum atomic E-state index is -1.24. The molecule has 2 aromatic carbocycles. The third-order valence-corrected chi connectivity index (χ3v) is 2.79. The molecule has 0 aromatic heterocycles. The lowest BCUT2D eigenvalue weighted by molar-refractivity contribution is 0.0692. The van der Waals surface area contributed by atoms with Crippen molar-refractivity contribution in [3.05, 3.63) is 65.2 Å². The first-order chi connectivity index (χ1) is 9.09. The van der Waals surface area contributed by atoms with Crippen molar-refractivity contribution in [1.82, 2.24) is 0 Å². The number of aromatic carboxylic acids is 1. The van der Waals surface area contributed by atoms with Gasteiger partial charge in [0.15, 0.2) is 5.78 Å². The number of carboxylic acid groups (broad SMARTS) is 1. The van der Waals surface area contributed by atoms with Crippen molar-refractivity contribution in [3.8, 4) is 5.75 Å². The molecule has 0 saturated carbocycles. The molecule has 0 unspecified atom stereocenters. The average molecular weight is 256 g/mol. The normalized spacial score (nSPS) is 10.1. The molecule has 0 amide bonds. The molecule has 0 aliphatic heterocycles. The Labute approximate surface area is 109 Å². The van der Waals surface area contributed by atoms with Gasteiger partial charge < -0.3 is 10.2 Å². The van der Waals surface area contributed by atoms with E-state index in [-0.39, 0.29) is 23.5 Å². The Hall–Kier alpha value is -2.62. The summed E-state index contributed by atoms with van der Waals surface area (Å²) in [6.07, 6.45) is -0.0555. The van der Waals surface area contributed by atoms with Crippen LogP contribution in [0, 0.1) is 0 Å². The summed E-state index contributed by atoms with van der Waals surface area (Å²) in [5.41, 5.74) is 0.607. The van der Waals surface area contributed by atoms with Crippen LogP contribution in [0.5, 0.6) is 5.75 Å². The maximum absolute atomic E-state index is 12.0. The highest BCUT2D eigenvalue weighted by atomic mass is 16.4. The van der Waals surface area contributed by atoms with Crippen molar-refractivity contribution in [3.63, 3.8) is 0 Å². The van der Waals surface area contributed by atoms with Crippen LogP contribution in [0.2, 0.25) is 0 Å². The Balaban J connectivity index is 2.32. The molecule has 0 heterocycles. The zero-order valence-corrected chi connectivity index (χ0v) is 10.0. The van der Waals surface area contributed by atoms with Crippen LogP contribution >= 0.6 is 0 Å². The molecular formula is C15H12O4. The summed E-state index contributed by atoms with van der Waals surface area (Å²) in [4.78, 5) is 23.1. The Morgan fingerprint density at radius 2 is 1.63 bits per heavy atom. The standard InChI is InChI=1S/C15H12O4/c16-12-8-4-7-11(14(12)15(18)19)9-13(17)10-5-2-1-3-6-10/h1-8,16H,9H2,(H,18,19). The highest BCUT2D eigenvalue weighted by molar-refractivity contribution is 6.00. The third kappa shape index (κ3) is 2.80. The van der Waals surface area contributed by atoms with Crippen LogP contribution in [-0.4, -0.2) is 22.0 Å². The molecule has 0 saturated heterocycles. The van der Waals surface area contributed by atoms with Crippen molar-refractivity contribution < 1.29 is 19.8 Å². The summed E-state index contributed by atoms with van der Waals surface area (Å²) in [6.45, 7) is 0. The van der Waals surface area contributed by atoms with Gasteiger partial charge in [-0.3, -0.25) is 4.79 Å². The zero-order chi connectivity index (χ0) is 13.8. The molecular weight excluding hydrogens is 244 g/mol. The maximum atomic E-state index is 12.0. The van der Waals surface area contributed by atoms with Crippen LogP contribution < -0.4 is 0 Å². The molecule has 2 aromatic rings. The first kappa shape index (κ1) is 12.8. The Morgan fingerprint density at radius 3 is 2.26 bits per heavy atom. The van der Waals surface area contributed by atoms with Gasteiger partial charge in [-0.1, -0.05) is 42.5 Å². The van der Waals surface area contributed by atoms with Gasteiger partial charge in [-0.25, -0.2) is 4.79 Å². The molecule has 0 atom stereocenters. The minimum absolute atomic E-state index is 0.0555. The summed E-state index contributed by atoms with van der Waals surface area (Å²) < 4.78 is 0. The highest BCUT2D eigenvalue weighted by Gasteiger charge is 2.17. The van der Waals surface area contributed by atoms with E-state index in [1.54, 1.807) is 30.3 Å². The summed E-state index contributed by atoms with van der Waals surface area (Å²) >= 11 is 0. The van der Waals surface area contributed by atoms with Gasteiger partial charge in [0.05, 0.1) is 0 Å². The largest absolute Gasteiger partial charge is 0.507 e. The summed E-state index contributed by atoms with van der Waals surface area (Å²) in [5.74, 6) is -1.76. The number of hydrogen-bond acceptors (Lipinski definition) is 3. The van der Waals surface area contributed by atoms with Crippen LogP contribution in [-0.2, 0) is 6.42 Å². The number of Topliss-reactive ketones (excluding diaryl/α,β-unsaturated/α-hetero) is 1. The zero-order valence-electron chi connectivity index (χ0n) is 10.0. The fourth-order valence-corrected chi connectivity index (χ4v) is 1.88. The molecule has 4 heteroatoms. The van der Waals surface area contributed by atoms with Gasteiger partial charge in [0.25, 0.3) is 0 Å². The van der Waals surface area contributed by atoms with Gasteiger partial charge in [-0.05, 0) is 11.6 Å². The van der Waals surface area contributed by atoms with E-state index in [1.807, 2.05) is 0 Å². The fraction of sp³-hybridized carbons (Fsp3) is 0.0667. The number of carbonyl (C=O) groups excluding carboxylic acids is 1. The number of phenols is 1. The van der Waals surface area contributed by atoms with Crippen LogP contribution in [0.1, 0.15) is 26.3 Å². The summed E-state index contributed by atoms with van der Waals surface area (Å²) in [7, 11) is 0. The number of ketones is 1. The monoisotopic (exact) mass is 256 g/mol. The van der Waals surface area contributed by atoms with Gasteiger partial charge in [-0.15, -0.1) is 0 Å². The smallest absolute Gasteiger partial charge is 0.339 e. The molecule has 0 bridgehead atoms. The van der Waals surface area contributed by atoms with E-state index >= 15 is 0 Å². The SMILES string of the molecule is O=C(Cc1cccc(O)c1C(=O)O)c1ccccc1. The molecule has 0 aliphatic carbocycles. The molecule has 96 valence electrons. The Morgan fingerprint density at radius 1 is 0.947 bits per heavy atom. The molecule has 2 rings (SSSR count).